The molecular formula is C15H30N2O. The summed E-state index contributed by atoms with van der Waals surface area (Å²) in [5.41, 5.74) is 5.42. The summed E-state index contributed by atoms with van der Waals surface area (Å²) in [6, 6.07) is 0. The molecule has 1 aliphatic rings. The fraction of sp³-hybridized carbons (Fsp3) is 0.933. The Balaban J connectivity index is 2.31. The zero-order chi connectivity index (χ0) is 14.0. The van der Waals surface area contributed by atoms with Gasteiger partial charge >= 0.3 is 0 Å². The molecule has 0 aromatic heterocycles. The van der Waals surface area contributed by atoms with E-state index in [-0.39, 0.29) is 5.91 Å². The summed E-state index contributed by atoms with van der Waals surface area (Å²) in [6.45, 7) is 11.3. The van der Waals surface area contributed by atoms with Crippen molar-refractivity contribution in [1.82, 2.24) is 5.32 Å². The minimum atomic E-state index is -0.761. The second-order valence-corrected chi connectivity index (χ2v) is 7.52. The van der Waals surface area contributed by atoms with Gasteiger partial charge in [-0.3, -0.25) is 4.79 Å². The third-order valence-corrected chi connectivity index (χ3v) is 4.21. The number of nitrogens with two attached hydrogens (primary N) is 1. The molecule has 1 fully saturated rings. The Bertz CT molecular complexity index is 278. The predicted octanol–water partition coefficient (Wildman–Crippen LogP) is 2.69. The number of rotatable bonds is 3. The Hall–Kier alpha value is -0.570. The highest BCUT2D eigenvalue weighted by atomic mass is 16.2. The fourth-order valence-corrected chi connectivity index (χ4v) is 2.70. The van der Waals surface area contributed by atoms with Gasteiger partial charge in [0.2, 0.25) is 5.91 Å². The minimum Gasteiger partial charge on any atom is -0.354 e. The Kier molecular flexibility index (Phi) is 4.82. The van der Waals surface area contributed by atoms with E-state index < -0.39 is 5.54 Å². The van der Waals surface area contributed by atoms with Gasteiger partial charge in [-0.2, -0.15) is 0 Å². The van der Waals surface area contributed by atoms with E-state index >= 15 is 0 Å². The summed E-state index contributed by atoms with van der Waals surface area (Å²) in [4.78, 5) is 11.7. The zero-order valence-corrected chi connectivity index (χ0v) is 12.7. The van der Waals surface area contributed by atoms with E-state index in [4.69, 9.17) is 5.73 Å². The van der Waals surface area contributed by atoms with Crippen molar-refractivity contribution in [2.24, 2.45) is 23.0 Å². The zero-order valence-electron chi connectivity index (χ0n) is 12.7. The van der Waals surface area contributed by atoms with Crippen LogP contribution in [0.5, 0.6) is 0 Å². The first-order valence-corrected chi connectivity index (χ1v) is 7.18. The maximum atomic E-state index is 11.7. The largest absolute Gasteiger partial charge is 0.354 e. The molecular weight excluding hydrogens is 224 g/mol. The lowest BCUT2D eigenvalue weighted by Crippen LogP contribution is -2.50. The van der Waals surface area contributed by atoms with E-state index in [2.05, 4.69) is 26.1 Å². The van der Waals surface area contributed by atoms with E-state index in [0.717, 1.165) is 12.5 Å². The molecule has 0 saturated heterocycles. The summed E-state index contributed by atoms with van der Waals surface area (Å²) < 4.78 is 0. The maximum Gasteiger partial charge on any atom is 0.239 e. The maximum absolute atomic E-state index is 11.7. The van der Waals surface area contributed by atoms with Gasteiger partial charge in [0.25, 0.3) is 0 Å². The quantitative estimate of drug-likeness (QED) is 0.813. The molecule has 106 valence electrons. The number of nitrogens with one attached hydrogen (secondary N) is 1. The van der Waals surface area contributed by atoms with E-state index in [1.54, 1.807) is 13.8 Å². The second-order valence-electron chi connectivity index (χ2n) is 7.52. The van der Waals surface area contributed by atoms with Gasteiger partial charge < -0.3 is 11.1 Å². The van der Waals surface area contributed by atoms with E-state index in [9.17, 15) is 4.79 Å². The van der Waals surface area contributed by atoms with Crippen LogP contribution in [0.3, 0.4) is 0 Å². The molecule has 0 radical (unpaired) electrons. The Morgan fingerprint density at radius 1 is 1.11 bits per heavy atom. The predicted molar refractivity (Wildman–Crippen MR) is 76.2 cm³/mol. The van der Waals surface area contributed by atoms with Gasteiger partial charge in [0.1, 0.15) is 0 Å². The van der Waals surface area contributed by atoms with Gasteiger partial charge in [-0.15, -0.1) is 0 Å². The lowest BCUT2D eigenvalue weighted by Gasteiger charge is -2.37. The number of amides is 1. The highest BCUT2D eigenvalue weighted by Crippen LogP contribution is 2.39. The van der Waals surface area contributed by atoms with Crippen LogP contribution in [-0.4, -0.2) is 18.0 Å². The van der Waals surface area contributed by atoms with Crippen molar-refractivity contribution >= 4 is 5.91 Å². The van der Waals surface area contributed by atoms with E-state index in [1.807, 2.05) is 0 Å². The first kappa shape index (κ1) is 15.5. The summed E-state index contributed by atoms with van der Waals surface area (Å²) in [5.74, 6) is 1.42. The van der Waals surface area contributed by atoms with Crippen molar-refractivity contribution in [2.45, 2.75) is 65.8 Å². The van der Waals surface area contributed by atoms with Crippen molar-refractivity contribution in [1.29, 1.82) is 0 Å². The molecule has 0 heterocycles. The minimum absolute atomic E-state index is 0.0413. The van der Waals surface area contributed by atoms with Crippen LogP contribution in [0.15, 0.2) is 0 Å². The third kappa shape index (κ3) is 4.60. The van der Waals surface area contributed by atoms with Gasteiger partial charge in [-0.05, 0) is 56.8 Å². The Morgan fingerprint density at radius 3 is 2.00 bits per heavy atom. The summed E-state index contributed by atoms with van der Waals surface area (Å²) in [6.07, 6.45) is 5.03. The van der Waals surface area contributed by atoms with Crippen LogP contribution in [-0.2, 0) is 4.79 Å². The molecule has 0 aromatic rings. The van der Waals surface area contributed by atoms with Gasteiger partial charge in [0, 0.05) is 6.54 Å². The molecule has 1 rings (SSSR count). The highest BCUT2D eigenvalue weighted by Gasteiger charge is 2.30. The number of carbonyl (C=O) groups is 1. The number of hydrogen-bond acceptors (Lipinski definition) is 2. The fourth-order valence-electron chi connectivity index (χ4n) is 2.70. The summed E-state index contributed by atoms with van der Waals surface area (Å²) in [5, 5.41) is 2.98. The molecule has 3 N–H and O–H groups in total. The molecule has 1 amide bonds. The van der Waals surface area contributed by atoms with Crippen molar-refractivity contribution in [3.05, 3.63) is 0 Å². The third-order valence-electron chi connectivity index (χ3n) is 4.21. The molecule has 0 spiro atoms. The number of hydrogen-bond donors (Lipinski definition) is 2. The van der Waals surface area contributed by atoms with Gasteiger partial charge in [-0.25, -0.2) is 0 Å². The highest BCUT2D eigenvalue weighted by molar-refractivity contribution is 5.84. The van der Waals surface area contributed by atoms with Crippen LogP contribution in [0.2, 0.25) is 0 Å². The standard InChI is InChI=1S/C15H30N2O/c1-14(2,3)12-8-6-11(7-9-12)10-17-13(18)15(4,5)16/h11-12H,6-10,16H2,1-5H3,(H,17,18). The van der Waals surface area contributed by atoms with Crippen molar-refractivity contribution < 1.29 is 4.79 Å². The molecule has 0 aliphatic heterocycles. The monoisotopic (exact) mass is 254 g/mol. The lowest BCUT2D eigenvalue weighted by molar-refractivity contribution is -0.125. The molecule has 0 bridgehead atoms. The Morgan fingerprint density at radius 2 is 1.61 bits per heavy atom. The molecule has 3 nitrogen and oxygen atoms in total. The lowest BCUT2D eigenvalue weighted by atomic mass is 9.70. The smallest absolute Gasteiger partial charge is 0.239 e. The first-order valence-electron chi connectivity index (χ1n) is 7.18. The topological polar surface area (TPSA) is 55.1 Å². The summed E-state index contributed by atoms with van der Waals surface area (Å²) >= 11 is 0. The first-order chi connectivity index (χ1) is 8.10. The molecule has 18 heavy (non-hydrogen) atoms. The van der Waals surface area contributed by atoms with Gasteiger partial charge in [-0.1, -0.05) is 20.8 Å². The average molecular weight is 254 g/mol. The van der Waals surface area contributed by atoms with Crippen LogP contribution in [0, 0.1) is 17.3 Å². The number of carbonyl (C=O) groups excluding carboxylic acids is 1. The average Bonchev–Trinajstić information content (AvgIpc) is 2.24. The molecule has 1 aliphatic carbocycles. The SMILES string of the molecule is CC(C)(N)C(=O)NCC1CCC(C(C)(C)C)CC1. The molecule has 0 atom stereocenters. The van der Waals surface area contributed by atoms with E-state index in [1.165, 1.54) is 25.7 Å². The molecule has 0 unspecified atom stereocenters. The summed E-state index contributed by atoms with van der Waals surface area (Å²) in [7, 11) is 0. The molecule has 0 aromatic carbocycles. The Labute approximate surface area is 112 Å². The van der Waals surface area contributed by atoms with Crippen molar-refractivity contribution in [3.63, 3.8) is 0 Å². The van der Waals surface area contributed by atoms with Crippen molar-refractivity contribution in [3.8, 4) is 0 Å². The van der Waals surface area contributed by atoms with Crippen LogP contribution >= 0.6 is 0 Å². The normalized spacial score (nSPS) is 25.9. The second kappa shape index (κ2) is 5.60. The molecule has 1 saturated carbocycles. The van der Waals surface area contributed by atoms with Gasteiger partial charge in [0.15, 0.2) is 0 Å². The van der Waals surface area contributed by atoms with Crippen LogP contribution in [0.1, 0.15) is 60.3 Å². The van der Waals surface area contributed by atoms with Crippen LogP contribution in [0.4, 0.5) is 0 Å². The van der Waals surface area contributed by atoms with Gasteiger partial charge in [0.05, 0.1) is 5.54 Å². The van der Waals surface area contributed by atoms with Crippen molar-refractivity contribution in [2.75, 3.05) is 6.54 Å². The molecule has 3 heteroatoms. The van der Waals surface area contributed by atoms with Crippen LogP contribution < -0.4 is 11.1 Å². The van der Waals surface area contributed by atoms with Crippen LogP contribution in [0.25, 0.3) is 0 Å². The van der Waals surface area contributed by atoms with E-state index in [0.29, 0.717) is 11.3 Å².